The second kappa shape index (κ2) is 3.86. The molecular formula is C15H12N. The Balaban J connectivity index is 2.01. The van der Waals surface area contributed by atoms with Crippen LogP contribution in [0.4, 0.5) is 0 Å². The van der Waals surface area contributed by atoms with Crippen LogP contribution in [-0.4, -0.2) is 4.98 Å². The molecule has 0 atom stereocenters. The number of hydrogen-bond acceptors (Lipinski definition) is 0. The Morgan fingerprint density at radius 3 is 2.50 bits per heavy atom. The SMILES string of the molecule is [c]1[nH]c2ccccc2c1Cc1ccccc1. The number of fused-ring (bicyclic) bond motifs is 1. The van der Waals surface area contributed by atoms with E-state index in [1.165, 1.54) is 16.5 Å². The maximum atomic E-state index is 3.24. The Morgan fingerprint density at radius 1 is 0.875 bits per heavy atom. The third-order valence-electron chi connectivity index (χ3n) is 2.82. The molecule has 0 unspecified atom stereocenters. The number of aromatic amines is 1. The zero-order valence-electron chi connectivity index (χ0n) is 8.90. The molecule has 3 aromatic rings. The van der Waals surface area contributed by atoms with Crippen molar-refractivity contribution in [1.29, 1.82) is 0 Å². The molecule has 16 heavy (non-hydrogen) atoms. The summed E-state index contributed by atoms with van der Waals surface area (Å²) in [7, 11) is 0. The van der Waals surface area contributed by atoms with Gasteiger partial charge in [-0.25, -0.2) is 0 Å². The van der Waals surface area contributed by atoms with Crippen LogP contribution in [0.5, 0.6) is 0 Å². The highest BCUT2D eigenvalue weighted by molar-refractivity contribution is 5.83. The van der Waals surface area contributed by atoms with Crippen LogP contribution >= 0.6 is 0 Å². The summed E-state index contributed by atoms with van der Waals surface area (Å²) in [5, 5.41) is 1.27. The average molecular weight is 206 g/mol. The van der Waals surface area contributed by atoms with E-state index in [0.717, 1.165) is 11.9 Å². The van der Waals surface area contributed by atoms with E-state index in [0.29, 0.717) is 0 Å². The highest BCUT2D eigenvalue weighted by atomic mass is 14.7. The summed E-state index contributed by atoms with van der Waals surface area (Å²) < 4.78 is 0. The standard InChI is InChI=1S/C15H12N/c1-2-6-12(7-3-1)10-13-11-16-15-9-5-4-8-14(13)15/h1-9,16H,10H2. The van der Waals surface area contributed by atoms with E-state index in [2.05, 4.69) is 53.6 Å². The number of hydrogen-bond donors (Lipinski definition) is 1. The fourth-order valence-corrected chi connectivity index (χ4v) is 2.00. The van der Waals surface area contributed by atoms with Gasteiger partial charge in [0.1, 0.15) is 0 Å². The zero-order chi connectivity index (χ0) is 10.8. The maximum absolute atomic E-state index is 3.24. The largest absolute Gasteiger partial charge is 0.353 e. The summed E-state index contributed by atoms with van der Waals surface area (Å²) in [6.07, 6.45) is 4.17. The summed E-state index contributed by atoms with van der Waals surface area (Å²) in [4.78, 5) is 3.18. The Hall–Kier alpha value is -2.02. The number of nitrogens with one attached hydrogen (secondary N) is 1. The van der Waals surface area contributed by atoms with Gasteiger partial charge in [-0.3, -0.25) is 0 Å². The van der Waals surface area contributed by atoms with E-state index in [4.69, 9.17) is 0 Å². The van der Waals surface area contributed by atoms with Gasteiger partial charge in [0.25, 0.3) is 0 Å². The summed E-state index contributed by atoms with van der Waals surface area (Å²) >= 11 is 0. The topological polar surface area (TPSA) is 15.8 Å². The van der Waals surface area contributed by atoms with Crippen LogP contribution in [0, 0.1) is 6.20 Å². The van der Waals surface area contributed by atoms with E-state index in [1.54, 1.807) is 0 Å². The highest BCUT2D eigenvalue weighted by Gasteiger charge is 2.03. The fourth-order valence-electron chi connectivity index (χ4n) is 2.00. The van der Waals surface area contributed by atoms with Crippen LogP contribution in [0.15, 0.2) is 54.6 Å². The normalized spacial score (nSPS) is 10.8. The predicted molar refractivity (Wildman–Crippen MR) is 66.4 cm³/mol. The van der Waals surface area contributed by atoms with Crippen molar-refractivity contribution in [3.63, 3.8) is 0 Å². The summed E-state index contributed by atoms with van der Waals surface area (Å²) in [6, 6.07) is 18.8. The van der Waals surface area contributed by atoms with E-state index in [-0.39, 0.29) is 0 Å². The van der Waals surface area contributed by atoms with Gasteiger partial charge >= 0.3 is 0 Å². The molecule has 0 amide bonds. The molecule has 1 heteroatoms. The molecule has 1 aromatic heterocycles. The Morgan fingerprint density at radius 2 is 1.62 bits per heavy atom. The number of aromatic nitrogens is 1. The first kappa shape index (κ1) is 9.22. The fraction of sp³-hybridized carbons (Fsp3) is 0.0667. The molecule has 77 valence electrons. The molecule has 0 aliphatic rings. The monoisotopic (exact) mass is 206 g/mol. The molecule has 3 rings (SSSR count). The summed E-state index contributed by atoms with van der Waals surface area (Å²) in [5.74, 6) is 0. The predicted octanol–water partition coefficient (Wildman–Crippen LogP) is 3.56. The molecule has 0 saturated carbocycles. The van der Waals surface area contributed by atoms with E-state index in [9.17, 15) is 0 Å². The van der Waals surface area contributed by atoms with Crippen molar-refractivity contribution in [2.75, 3.05) is 0 Å². The third-order valence-corrected chi connectivity index (χ3v) is 2.82. The van der Waals surface area contributed by atoms with Gasteiger partial charge in [-0.05, 0) is 17.2 Å². The summed E-state index contributed by atoms with van der Waals surface area (Å²) in [6.45, 7) is 0. The lowest BCUT2D eigenvalue weighted by atomic mass is 10.0. The lowest BCUT2D eigenvalue weighted by Crippen LogP contribution is -1.85. The van der Waals surface area contributed by atoms with Crippen molar-refractivity contribution in [1.82, 2.24) is 4.98 Å². The molecule has 0 spiro atoms. The molecule has 0 aliphatic carbocycles. The van der Waals surface area contributed by atoms with Gasteiger partial charge < -0.3 is 4.98 Å². The number of rotatable bonds is 2. The van der Waals surface area contributed by atoms with Crippen molar-refractivity contribution in [3.05, 3.63) is 71.9 Å². The van der Waals surface area contributed by atoms with Crippen LogP contribution in [0.1, 0.15) is 11.1 Å². The minimum Gasteiger partial charge on any atom is -0.353 e. The van der Waals surface area contributed by atoms with E-state index in [1.807, 2.05) is 12.1 Å². The van der Waals surface area contributed by atoms with Gasteiger partial charge in [-0.2, -0.15) is 0 Å². The maximum Gasteiger partial charge on any atom is 0.0669 e. The third kappa shape index (κ3) is 1.61. The number of benzene rings is 2. The Labute approximate surface area is 94.7 Å². The molecule has 1 N–H and O–H groups in total. The number of H-pyrrole nitrogens is 1. The van der Waals surface area contributed by atoms with Crippen molar-refractivity contribution in [3.8, 4) is 0 Å². The first-order chi connectivity index (χ1) is 7.93. The van der Waals surface area contributed by atoms with E-state index >= 15 is 0 Å². The molecule has 1 heterocycles. The lowest BCUT2D eigenvalue weighted by Gasteiger charge is -1.99. The second-order valence-electron chi connectivity index (χ2n) is 3.94. The van der Waals surface area contributed by atoms with Gasteiger partial charge in [0.2, 0.25) is 0 Å². The van der Waals surface area contributed by atoms with Crippen molar-refractivity contribution < 1.29 is 0 Å². The minimum absolute atomic E-state index is 0.935. The quantitative estimate of drug-likeness (QED) is 0.660. The zero-order valence-corrected chi connectivity index (χ0v) is 8.90. The van der Waals surface area contributed by atoms with Crippen LogP contribution < -0.4 is 0 Å². The number of para-hydroxylation sites is 1. The van der Waals surface area contributed by atoms with Crippen molar-refractivity contribution in [2.45, 2.75) is 6.42 Å². The van der Waals surface area contributed by atoms with Gasteiger partial charge in [0, 0.05) is 17.3 Å². The van der Waals surface area contributed by atoms with Gasteiger partial charge in [0.15, 0.2) is 0 Å². The highest BCUT2D eigenvalue weighted by Crippen LogP contribution is 2.19. The van der Waals surface area contributed by atoms with Crippen LogP contribution in [-0.2, 0) is 6.42 Å². The Kier molecular flexibility index (Phi) is 2.22. The van der Waals surface area contributed by atoms with Gasteiger partial charge in [0.05, 0.1) is 6.20 Å². The molecule has 1 radical (unpaired) electrons. The molecule has 0 bridgehead atoms. The first-order valence-corrected chi connectivity index (χ1v) is 5.45. The molecule has 1 nitrogen and oxygen atoms in total. The van der Waals surface area contributed by atoms with Crippen LogP contribution in [0.3, 0.4) is 0 Å². The molecule has 0 fully saturated rings. The minimum atomic E-state index is 0.935. The molecule has 0 aliphatic heterocycles. The summed E-state index contributed by atoms with van der Waals surface area (Å²) in [5.41, 5.74) is 3.72. The Bertz CT molecular complexity index is 593. The first-order valence-electron chi connectivity index (χ1n) is 5.45. The lowest BCUT2D eigenvalue weighted by molar-refractivity contribution is 1.20. The van der Waals surface area contributed by atoms with Crippen molar-refractivity contribution >= 4 is 10.9 Å². The van der Waals surface area contributed by atoms with Crippen molar-refractivity contribution in [2.24, 2.45) is 0 Å². The van der Waals surface area contributed by atoms with Crippen LogP contribution in [0.2, 0.25) is 0 Å². The van der Waals surface area contributed by atoms with E-state index < -0.39 is 0 Å². The average Bonchev–Trinajstić information content (AvgIpc) is 2.74. The molecular weight excluding hydrogens is 194 g/mol. The molecule has 2 aromatic carbocycles. The second-order valence-corrected chi connectivity index (χ2v) is 3.94. The van der Waals surface area contributed by atoms with Crippen LogP contribution in [0.25, 0.3) is 10.9 Å². The van der Waals surface area contributed by atoms with Gasteiger partial charge in [-0.1, -0.05) is 48.5 Å². The molecule has 0 saturated heterocycles. The smallest absolute Gasteiger partial charge is 0.0669 e. The van der Waals surface area contributed by atoms with Gasteiger partial charge in [-0.15, -0.1) is 0 Å².